The Morgan fingerprint density at radius 2 is 1.92 bits per heavy atom. The summed E-state index contributed by atoms with van der Waals surface area (Å²) in [7, 11) is 1.67. The number of ether oxygens (including phenoxy) is 2. The number of hydrogen-bond acceptors (Lipinski definition) is 4. The second kappa shape index (κ2) is 9.34. The molecule has 138 valence electrons. The van der Waals surface area contributed by atoms with Crippen LogP contribution in [0.3, 0.4) is 0 Å². The van der Waals surface area contributed by atoms with Crippen molar-refractivity contribution >= 4 is 11.6 Å². The minimum absolute atomic E-state index is 0.0858. The molecule has 6 heteroatoms. The van der Waals surface area contributed by atoms with E-state index in [1.54, 1.807) is 7.11 Å². The molecule has 0 atom stereocenters. The van der Waals surface area contributed by atoms with Crippen molar-refractivity contribution in [2.24, 2.45) is 0 Å². The smallest absolute Gasteiger partial charge is 0.0983 e. The molecule has 0 saturated heterocycles. The summed E-state index contributed by atoms with van der Waals surface area (Å²) >= 11 is 6.39. The van der Waals surface area contributed by atoms with Crippen molar-refractivity contribution in [1.29, 1.82) is 0 Å². The maximum absolute atomic E-state index is 6.39. The van der Waals surface area contributed by atoms with Crippen molar-refractivity contribution in [2.75, 3.05) is 33.5 Å². The van der Waals surface area contributed by atoms with Gasteiger partial charge in [0.2, 0.25) is 0 Å². The van der Waals surface area contributed by atoms with Gasteiger partial charge in [-0.05, 0) is 26.8 Å². The lowest BCUT2D eigenvalue weighted by atomic mass is 10.1. The third-order valence-electron chi connectivity index (χ3n) is 3.78. The molecule has 2 aromatic rings. The third-order valence-corrected chi connectivity index (χ3v) is 4.11. The van der Waals surface area contributed by atoms with Gasteiger partial charge in [0, 0.05) is 37.5 Å². The number of nitrogens with zero attached hydrogens (tertiary/aromatic N) is 2. The number of rotatable bonds is 9. The number of halogens is 1. The Kier molecular flexibility index (Phi) is 7.44. The molecular formula is C19H28ClN3O2. The molecule has 0 aliphatic rings. The summed E-state index contributed by atoms with van der Waals surface area (Å²) in [5.41, 5.74) is 2.92. The van der Waals surface area contributed by atoms with Crippen LogP contribution >= 0.6 is 11.6 Å². The molecule has 0 fully saturated rings. The van der Waals surface area contributed by atoms with E-state index in [4.69, 9.17) is 26.2 Å². The van der Waals surface area contributed by atoms with E-state index >= 15 is 0 Å². The van der Waals surface area contributed by atoms with Gasteiger partial charge in [-0.25, -0.2) is 0 Å². The SMILES string of the molecule is COCCOCCNCc1cn(C(C)(C)C)nc1-c1ccccc1Cl. The third kappa shape index (κ3) is 5.82. The van der Waals surface area contributed by atoms with Gasteiger partial charge in [0.05, 0.1) is 36.1 Å². The Labute approximate surface area is 155 Å². The number of hydrogen-bond donors (Lipinski definition) is 1. The van der Waals surface area contributed by atoms with Gasteiger partial charge in [-0.2, -0.15) is 5.10 Å². The van der Waals surface area contributed by atoms with Crippen molar-refractivity contribution in [3.8, 4) is 11.3 Å². The molecule has 25 heavy (non-hydrogen) atoms. The fourth-order valence-corrected chi connectivity index (χ4v) is 2.60. The summed E-state index contributed by atoms with van der Waals surface area (Å²) in [6, 6.07) is 7.82. The first-order chi connectivity index (χ1) is 11.9. The standard InChI is InChI=1S/C19H28ClN3O2/c1-19(2,3)23-14-15(13-21-9-10-25-12-11-24-4)18(22-23)16-7-5-6-8-17(16)20/h5-8,14,21H,9-13H2,1-4H3. The minimum atomic E-state index is -0.0858. The zero-order valence-electron chi connectivity index (χ0n) is 15.5. The molecule has 5 nitrogen and oxygen atoms in total. The molecule has 1 heterocycles. The minimum Gasteiger partial charge on any atom is -0.382 e. The van der Waals surface area contributed by atoms with Crippen LogP contribution in [0.1, 0.15) is 26.3 Å². The number of nitrogens with one attached hydrogen (secondary N) is 1. The first-order valence-electron chi connectivity index (χ1n) is 8.55. The maximum Gasteiger partial charge on any atom is 0.0983 e. The van der Waals surface area contributed by atoms with E-state index in [9.17, 15) is 0 Å². The lowest BCUT2D eigenvalue weighted by Crippen LogP contribution is -2.22. The highest BCUT2D eigenvalue weighted by Crippen LogP contribution is 2.30. The quantitative estimate of drug-likeness (QED) is 0.688. The van der Waals surface area contributed by atoms with Crippen LogP contribution in [0.25, 0.3) is 11.3 Å². The average molecular weight is 366 g/mol. The van der Waals surface area contributed by atoms with E-state index in [0.29, 0.717) is 31.4 Å². The van der Waals surface area contributed by atoms with Gasteiger partial charge in [0.15, 0.2) is 0 Å². The predicted octanol–water partition coefficient (Wildman–Crippen LogP) is 3.71. The van der Waals surface area contributed by atoms with Crippen LogP contribution < -0.4 is 5.32 Å². The lowest BCUT2D eigenvalue weighted by molar-refractivity contribution is 0.0719. The lowest BCUT2D eigenvalue weighted by Gasteiger charge is -2.18. The molecule has 1 aromatic carbocycles. The van der Waals surface area contributed by atoms with Gasteiger partial charge in [-0.3, -0.25) is 4.68 Å². The molecular weight excluding hydrogens is 338 g/mol. The summed E-state index contributed by atoms with van der Waals surface area (Å²) < 4.78 is 12.4. The van der Waals surface area contributed by atoms with Crippen LogP contribution in [0.4, 0.5) is 0 Å². The summed E-state index contributed by atoms with van der Waals surface area (Å²) in [6.45, 7) is 9.78. The van der Waals surface area contributed by atoms with Crippen molar-refractivity contribution in [2.45, 2.75) is 32.9 Å². The Morgan fingerprint density at radius 1 is 1.16 bits per heavy atom. The van der Waals surface area contributed by atoms with Crippen molar-refractivity contribution in [3.05, 3.63) is 41.0 Å². The molecule has 0 aliphatic heterocycles. The maximum atomic E-state index is 6.39. The first-order valence-corrected chi connectivity index (χ1v) is 8.92. The van der Waals surface area contributed by atoms with Gasteiger partial charge in [-0.1, -0.05) is 29.8 Å². The van der Waals surface area contributed by atoms with Crippen LogP contribution in [0, 0.1) is 0 Å². The van der Waals surface area contributed by atoms with E-state index in [2.05, 4.69) is 32.3 Å². The molecule has 0 bridgehead atoms. The predicted molar refractivity (Wildman–Crippen MR) is 102 cm³/mol. The van der Waals surface area contributed by atoms with E-state index < -0.39 is 0 Å². The summed E-state index contributed by atoms with van der Waals surface area (Å²) in [5, 5.41) is 8.92. The highest BCUT2D eigenvalue weighted by atomic mass is 35.5. The fraction of sp³-hybridized carbons (Fsp3) is 0.526. The summed E-state index contributed by atoms with van der Waals surface area (Å²) in [6.07, 6.45) is 2.09. The number of aromatic nitrogens is 2. The van der Waals surface area contributed by atoms with E-state index in [1.165, 1.54) is 0 Å². The molecule has 1 N–H and O–H groups in total. The van der Waals surface area contributed by atoms with Crippen LogP contribution in [-0.4, -0.2) is 43.3 Å². The Bertz CT molecular complexity index is 665. The Morgan fingerprint density at radius 3 is 2.60 bits per heavy atom. The molecule has 2 rings (SSSR count). The monoisotopic (exact) mass is 365 g/mol. The zero-order chi connectivity index (χ0) is 18.3. The highest BCUT2D eigenvalue weighted by molar-refractivity contribution is 6.33. The average Bonchev–Trinajstić information content (AvgIpc) is 2.99. The molecule has 0 aliphatic carbocycles. The van der Waals surface area contributed by atoms with E-state index in [-0.39, 0.29) is 5.54 Å². The molecule has 0 saturated carbocycles. The molecule has 1 aromatic heterocycles. The Hall–Kier alpha value is -1.40. The largest absolute Gasteiger partial charge is 0.382 e. The van der Waals surface area contributed by atoms with Gasteiger partial charge >= 0.3 is 0 Å². The summed E-state index contributed by atoms with van der Waals surface area (Å²) in [4.78, 5) is 0. The van der Waals surface area contributed by atoms with E-state index in [1.807, 2.05) is 28.9 Å². The van der Waals surface area contributed by atoms with Crippen LogP contribution in [0.15, 0.2) is 30.5 Å². The van der Waals surface area contributed by atoms with E-state index in [0.717, 1.165) is 23.4 Å². The molecule has 0 amide bonds. The normalized spacial score (nSPS) is 11.9. The van der Waals surface area contributed by atoms with Crippen LogP contribution in [0.5, 0.6) is 0 Å². The van der Waals surface area contributed by atoms with Gasteiger partial charge in [0.25, 0.3) is 0 Å². The Balaban J connectivity index is 2.08. The fourth-order valence-electron chi connectivity index (χ4n) is 2.37. The number of benzene rings is 1. The van der Waals surface area contributed by atoms with Crippen molar-refractivity contribution < 1.29 is 9.47 Å². The summed E-state index contributed by atoms with van der Waals surface area (Å²) in [5.74, 6) is 0. The van der Waals surface area contributed by atoms with Crippen molar-refractivity contribution in [1.82, 2.24) is 15.1 Å². The molecule has 0 spiro atoms. The highest BCUT2D eigenvalue weighted by Gasteiger charge is 2.19. The van der Waals surface area contributed by atoms with Crippen LogP contribution in [-0.2, 0) is 21.6 Å². The zero-order valence-corrected chi connectivity index (χ0v) is 16.3. The second-order valence-electron chi connectivity index (χ2n) is 6.88. The first kappa shape index (κ1) is 19.9. The molecule has 0 radical (unpaired) electrons. The number of methoxy groups -OCH3 is 1. The van der Waals surface area contributed by atoms with Gasteiger partial charge in [0.1, 0.15) is 0 Å². The second-order valence-corrected chi connectivity index (χ2v) is 7.29. The van der Waals surface area contributed by atoms with Gasteiger partial charge < -0.3 is 14.8 Å². The van der Waals surface area contributed by atoms with Crippen molar-refractivity contribution in [3.63, 3.8) is 0 Å². The molecule has 0 unspecified atom stereocenters. The van der Waals surface area contributed by atoms with Gasteiger partial charge in [-0.15, -0.1) is 0 Å². The topological polar surface area (TPSA) is 48.3 Å². The van der Waals surface area contributed by atoms with Crippen LogP contribution in [0.2, 0.25) is 5.02 Å².